The number of hydrogen-bond acceptors (Lipinski definition) is 6. The summed E-state index contributed by atoms with van der Waals surface area (Å²) in [6, 6.07) is -0.546. The van der Waals surface area contributed by atoms with E-state index in [1.54, 1.807) is 14.0 Å². The van der Waals surface area contributed by atoms with E-state index in [9.17, 15) is 4.79 Å². The summed E-state index contributed by atoms with van der Waals surface area (Å²) in [6.45, 7) is 8.53. The lowest BCUT2D eigenvalue weighted by Gasteiger charge is -2.16. The van der Waals surface area contributed by atoms with E-state index in [2.05, 4.69) is 24.0 Å². The highest BCUT2D eigenvalue weighted by molar-refractivity contribution is 5.80. The molecule has 0 bridgehead atoms. The predicted molar refractivity (Wildman–Crippen MR) is 73.6 cm³/mol. The molecule has 0 saturated carbocycles. The Labute approximate surface area is 119 Å². The first kappa shape index (κ1) is 16.6. The fraction of sp³-hybridized carbons (Fsp3) is 0.769. The van der Waals surface area contributed by atoms with Gasteiger partial charge in [-0.05, 0) is 19.8 Å². The van der Waals surface area contributed by atoms with Gasteiger partial charge in [0.05, 0.1) is 12.6 Å². The van der Waals surface area contributed by atoms with Crippen molar-refractivity contribution in [2.75, 3.05) is 13.7 Å². The van der Waals surface area contributed by atoms with Crippen LogP contribution in [-0.4, -0.2) is 40.6 Å². The first-order valence-electron chi connectivity index (χ1n) is 6.75. The van der Waals surface area contributed by atoms with Gasteiger partial charge in [-0.25, -0.2) is 0 Å². The van der Waals surface area contributed by atoms with Crippen molar-refractivity contribution in [2.24, 2.45) is 11.7 Å². The third kappa shape index (κ3) is 4.90. The number of likely N-dealkylation sites (N-methyl/N-ethyl adjacent to an activating group) is 1. The van der Waals surface area contributed by atoms with Gasteiger partial charge >= 0.3 is 0 Å². The standard InChI is InChI=1S/C13H24N4O3/c1-8(2)7-19-10(4)12-15-11(20-16-12)6-17(5)13(18)9(3)14/h8-10H,6-7,14H2,1-5H3/t9-,10?/m0/s1. The molecular weight excluding hydrogens is 260 g/mol. The Morgan fingerprint density at radius 1 is 1.40 bits per heavy atom. The van der Waals surface area contributed by atoms with Crippen LogP contribution in [0.25, 0.3) is 0 Å². The summed E-state index contributed by atoms with van der Waals surface area (Å²) in [5, 5.41) is 3.87. The number of nitrogens with zero attached hydrogens (tertiary/aromatic N) is 3. The molecule has 0 aliphatic heterocycles. The Bertz CT molecular complexity index is 431. The third-order valence-electron chi connectivity index (χ3n) is 2.67. The van der Waals surface area contributed by atoms with Crippen LogP contribution in [0.15, 0.2) is 4.52 Å². The van der Waals surface area contributed by atoms with Crippen LogP contribution in [0.5, 0.6) is 0 Å². The molecule has 0 saturated heterocycles. The number of hydrogen-bond donors (Lipinski definition) is 1. The zero-order valence-corrected chi connectivity index (χ0v) is 12.8. The maximum Gasteiger partial charge on any atom is 0.246 e. The number of nitrogens with two attached hydrogens (primary N) is 1. The number of carbonyl (C=O) groups is 1. The summed E-state index contributed by atoms with van der Waals surface area (Å²) < 4.78 is 10.7. The van der Waals surface area contributed by atoms with Gasteiger partial charge in [0.25, 0.3) is 0 Å². The quantitative estimate of drug-likeness (QED) is 0.806. The maximum absolute atomic E-state index is 11.7. The smallest absolute Gasteiger partial charge is 0.246 e. The molecule has 0 fully saturated rings. The van der Waals surface area contributed by atoms with E-state index in [-0.39, 0.29) is 18.6 Å². The number of carbonyl (C=O) groups excluding carboxylic acids is 1. The SMILES string of the molecule is CC(C)COC(C)c1noc(CN(C)C(=O)[C@H](C)N)n1. The maximum atomic E-state index is 11.7. The van der Waals surface area contributed by atoms with Gasteiger partial charge in [0.2, 0.25) is 11.8 Å². The van der Waals surface area contributed by atoms with E-state index in [1.165, 1.54) is 4.90 Å². The van der Waals surface area contributed by atoms with Crippen molar-refractivity contribution in [3.05, 3.63) is 11.7 Å². The molecule has 2 N–H and O–H groups in total. The van der Waals surface area contributed by atoms with Crippen LogP contribution in [0.4, 0.5) is 0 Å². The Morgan fingerprint density at radius 2 is 2.05 bits per heavy atom. The zero-order chi connectivity index (χ0) is 15.3. The highest BCUT2D eigenvalue weighted by atomic mass is 16.5. The van der Waals surface area contributed by atoms with Crippen molar-refractivity contribution in [3.8, 4) is 0 Å². The number of aromatic nitrogens is 2. The van der Waals surface area contributed by atoms with Crippen LogP contribution >= 0.6 is 0 Å². The second kappa shape index (κ2) is 7.35. The van der Waals surface area contributed by atoms with Crippen LogP contribution in [0.2, 0.25) is 0 Å². The number of amides is 1. The van der Waals surface area contributed by atoms with Crippen molar-refractivity contribution in [1.29, 1.82) is 0 Å². The van der Waals surface area contributed by atoms with Crippen molar-refractivity contribution in [3.63, 3.8) is 0 Å². The van der Waals surface area contributed by atoms with Gasteiger partial charge in [-0.1, -0.05) is 19.0 Å². The van der Waals surface area contributed by atoms with Gasteiger partial charge in [-0.15, -0.1) is 0 Å². The summed E-state index contributed by atoms with van der Waals surface area (Å²) in [5.74, 6) is 1.13. The molecule has 114 valence electrons. The Morgan fingerprint density at radius 3 is 2.60 bits per heavy atom. The van der Waals surface area contributed by atoms with E-state index in [1.807, 2.05) is 6.92 Å². The molecular formula is C13H24N4O3. The van der Waals surface area contributed by atoms with Crippen molar-refractivity contribution < 1.29 is 14.1 Å². The van der Waals surface area contributed by atoms with Gasteiger partial charge in [0, 0.05) is 13.7 Å². The molecule has 0 aliphatic carbocycles. The van der Waals surface area contributed by atoms with Gasteiger partial charge < -0.3 is 19.9 Å². The average Bonchev–Trinajstić information content (AvgIpc) is 2.83. The number of rotatable bonds is 7. The minimum Gasteiger partial charge on any atom is -0.370 e. The van der Waals surface area contributed by atoms with Crippen LogP contribution in [0.1, 0.15) is 45.5 Å². The molecule has 7 heteroatoms. The molecule has 0 aliphatic rings. The van der Waals surface area contributed by atoms with Gasteiger partial charge in [0.15, 0.2) is 5.82 Å². The van der Waals surface area contributed by atoms with E-state index in [4.69, 9.17) is 15.0 Å². The van der Waals surface area contributed by atoms with Crippen molar-refractivity contribution in [2.45, 2.75) is 46.4 Å². The molecule has 1 rings (SSSR count). The lowest BCUT2D eigenvalue weighted by molar-refractivity contribution is -0.131. The molecule has 1 aromatic rings. The van der Waals surface area contributed by atoms with Crippen LogP contribution < -0.4 is 5.73 Å². The molecule has 0 radical (unpaired) electrons. The lowest BCUT2D eigenvalue weighted by atomic mass is 10.2. The second-order valence-electron chi connectivity index (χ2n) is 5.40. The van der Waals surface area contributed by atoms with Crippen molar-refractivity contribution >= 4 is 5.91 Å². The molecule has 1 heterocycles. The van der Waals surface area contributed by atoms with Gasteiger partial charge in [0.1, 0.15) is 6.10 Å². The molecule has 7 nitrogen and oxygen atoms in total. The minimum atomic E-state index is -0.546. The van der Waals surface area contributed by atoms with Crippen LogP contribution in [0.3, 0.4) is 0 Å². The van der Waals surface area contributed by atoms with E-state index < -0.39 is 6.04 Å². The van der Waals surface area contributed by atoms with E-state index in [0.717, 1.165) is 0 Å². The summed E-state index contributed by atoms with van der Waals surface area (Å²) in [7, 11) is 1.65. The molecule has 1 aromatic heterocycles. The van der Waals surface area contributed by atoms with Gasteiger partial charge in [-0.2, -0.15) is 4.98 Å². The van der Waals surface area contributed by atoms with Crippen LogP contribution in [-0.2, 0) is 16.1 Å². The fourth-order valence-corrected chi connectivity index (χ4v) is 1.54. The number of ether oxygens (including phenoxy) is 1. The zero-order valence-electron chi connectivity index (χ0n) is 12.8. The molecule has 20 heavy (non-hydrogen) atoms. The molecule has 2 atom stereocenters. The Kier molecular flexibility index (Phi) is 6.09. The third-order valence-corrected chi connectivity index (χ3v) is 2.67. The Balaban J connectivity index is 2.56. The molecule has 1 unspecified atom stereocenters. The first-order chi connectivity index (χ1) is 9.31. The highest BCUT2D eigenvalue weighted by Gasteiger charge is 2.19. The first-order valence-corrected chi connectivity index (χ1v) is 6.75. The fourth-order valence-electron chi connectivity index (χ4n) is 1.54. The predicted octanol–water partition coefficient (Wildman–Crippen LogP) is 1.11. The highest BCUT2D eigenvalue weighted by Crippen LogP contribution is 2.15. The summed E-state index contributed by atoms with van der Waals surface area (Å²) >= 11 is 0. The minimum absolute atomic E-state index is 0.172. The summed E-state index contributed by atoms with van der Waals surface area (Å²) in [5.41, 5.74) is 5.53. The normalized spacial score (nSPS) is 14.3. The Hall–Kier alpha value is -1.47. The van der Waals surface area contributed by atoms with Crippen LogP contribution in [0, 0.1) is 5.92 Å². The monoisotopic (exact) mass is 284 g/mol. The van der Waals surface area contributed by atoms with E-state index >= 15 is 0 Å². The topological polar surface area (TPSA) is 94.5 Å². The molecule has 1 amide bonds. The second-order valence-corrected chi connectivity index (χ2v) is 5.40. The molecule has 0 spiro atoms. The summed E-state index contributed by atoms with van der Waals surface area (Å²) in [6.07, 6.45) is -0.232. The average molecular weight is 284 g/mol. The lowest BCUT2D eigenvalue weighted by Crippen LogP contribution is -2.39. The summed E-state index contributed by atoms with van der Waals surface area (Å²) in [4.78, 5) is 17.3. The largest absolute Gasteiger partial charge is 0.370 e. The van der Waals surface area contributed by atoms with Crippen molar-refractivity contribution in [1.82, 2.24) is 15.0 Å². The van der Waals surface area contributed by atoms with Gasteiger partial charge in [-0.3, -0.25) is 4.79 Å². The van der Waals surface area contributed by atoms with E-state index in [0.29, 0.717) is 24.2 Å². The molecule has 0 aromatic carbocycles.